The van der Waals surface area contributed by atoms with Crippen molar-refractivity contribution < 1.29 is 64.6 Å². The molecule has 4 aromatic rings. The number of anilines is 1. The monoisotopic (exact) mass is 926 g/mol. The van der Waals surface area contributed by atoms with Crippen molar-refractivity contribution in [1.82, 2.24) is 15.5 Å². The maximum atomic E-state index is 14.8. The van der Waals surface area contributed by atoms with Gasteiger partial charge in [0.25, 0.3) is 28.2 Å². The molecule has 0 bridgehead atoms. The third-order valence-corrected chi connectivity index (χ3v) is 11.7. The third kappa shape index (κ3) is 11.7. The number of carbonyl (C=O) groups is 6. The lowest BCUT2D eigenvalue weighted by Crippen LogP contribution is -2.31. The smallest absolute Gasteiger partial charge is 0.416 e. The van der Waals surface area contributed by atoms with E-state index in [0.29, 0.717) is 36.6 Å². The van der Waals surface area contributed by atoms with E-state index in [1.54, 1.807) is 18.2 Å². The summed E-state index contributed by atoms with van der Waals surface area (Å²) < 4.78 is 91.8. The highest BCUT2D eigenvalue weighted by Crippen LogP contribution is 2.36. The van der Waals surface area contributed by atoms with Crippen molar-refractivity contribution >= 4 is 69.4 Å². The molecule has 2 aliphatic rings. The van der Waals surface area contributed by atoms with E-state index in [-0.39, 0.29) is 68.9 Å². The lowest BCUT2D eigenvalue weighted by Gasteiger charge is -2.25. The molecule has 3 N–H and O–H groups in total. The Labute approximate surface area is 369 Å². The zero-order chi connectivity index (χ0) is 46.3. The number of nitrogens with zero attached hydrogens (tertiary/aromatic N) is 1. The Morgan fingerprint density at radius 2 is 1.38 bits per heavy atom. The van der Waals surface area contributed by atoms with E-state index in [4.69, 9.17) is 9.47 Å². The predicted molar refractivity (Wildman–Crippen MR) is 227 cm³/mol. The van der Waals surface area contributed by atoms with E-state index in [0.717, 1.165) is 36.0 Å². The number of benzene rings is 4. The van der Waals surface area contributed by atoms with Crippen LogP contribution in [0.2, 0.25) is 0 Å². The van der Waals surface area contributed by atoms with Crippen molar-refractivity contribution in [1.29, 1.82) is 0 Å². The minimum atomic E-state index is -4.65. The Bertz CT molecular complexity index is 2490. The van der Waals surface area contributed by atoms with Crippen LogP contribution in [0.15, 0.2) is 95.9 Å². The first-order valence-electron chi connectivity index (χ1n) is 19.1. The lowest BCUT2D eigenvalue weighted by atomic mass is 10.0. The molecule has 6 rings (SSSR count). The molecule has 0 aromatic heterocycles. The van der Waals surface area contributed by atoms with Gasteiger partial charge in [-0.2, -0.15) is 26.3 Å². The van der Waals surface area contributed by atoms with Gasteiger partial charge in [-0.15, -0.1) is 0 Å². The van der Waals surface area contributed by atoms with Gasteiger partial charge < -0.3 is 19.7 Å². The molecule has 2 saturated heterocycles. The van der Waals surface area contributed by atoms with Crippen molar-refractivity contribution in [3.63, 3.8) is 0 Å². The molecule has 2 aliphatic heterocycles. The SMILES string of the molecule is COc1ccc(CCCC2SC(=O)NC2=O)cc1C(=O)Nc1cc(C=CC=C2SC(=O)NC2=O)cc(C(=O)N(Cc2ccc(C(F)(F)F)cc2)Cc2ccc(C(F)(F)F)cc2)c1OC. The minimum absolute atomic E-state index is 0.0424. The van der Waals surface area contributed by atoms with Gasteiger partial charge >= 0.3 is 12.4 Å². The first-order valence-corrected chi connectivity index (χ1v) is 20.8. The Hall–Kier alpha value is -6.54. The van der Waals surface area contributed by atoms with Crippen molar-refractivity contribution in [3.05, 3.63) is 140 Å². The number of thioether (sulfide) groups is 2. The van der Waals surface area contributed by atoms with Crippen LogP contribution >= 0.6 is 23.5 Å². The quantitative estimate of drug-likeness (QED) is 0.0775. The average Bonchev–Trinajstić information content (AvgIpc) is 3.75. The maximum Gasteiger partial charge on any atom is 0.416 e. The first kappa shape index (κ1) is 47.0. The summed E-state index contributed by atoms with van der Waals surface area (Å²) in [6, 6.07) is 15.7. The van der Waals surface area contributed by atoms with E-state index < -0.39 is 56.9 Å². The van der Waals surface area contributed by atoms with E-state index in [1.807, 2.05) is 0 Å². The Kier molecular flexibility index (Phi) is 14.6. The fraction of sp³-hybridized carbons (Fsp3) is 0.227. The van der Waals surface area contributed by atoms with Gasteiger partial charge in [0.1, 0.15) is 5.75 Å². The van der Waals surface area contributed by atoms with Crippen LogP contribution < -0.4 is 25.4 Å². The van der Waals surface area contributed by atoms with E-state index in [2.05, 4.69) is 16.0 Å². The lowest BCUT2D eigenvalue weighted by molar-refractivity contribution is -0.138. The van der Waals surface area contributed by atoms with Gasteiger partial charge in [0.15, 0.2) is 5.75 Å². The van der Waals surface area contributed by atoms with Crippen LogP contribution in [0.1, 0.15) is 66.9 Å². The molecular weight excluding hydrogens is 891 g/mol. The Balaban J connectivity index is 1.38. The molecule has 1 unspecified atom stereocenters. The molecule has 2 fully saturated rings. The first-order chi connectivity index (χ1) is 30.3. The largest absolute Gasteiger partial charge is 0.496 e. The van der Waals surface area contributed by atoms with Gasteiger partial charge in [0, 0.05) is 13.1 Å². The molecule has 12 nitrogen and oxygen atoms in total. The number of halogens is 6. The van der Waals surface area contributed by atoms with E-state index >= 15 is 0 Å². The number of allylic oxidation sites excluding steroid dienone is 2. The fourth-order valence-electron chi connectivity index (χ4n) is 6.66. The zero-order valence-corrected chi connectivity index (χ0v) is 35.3. The van der Waals surface area contributed by atoms with Gasteiger partial charge in [0.2, 0.25) is 5.91 Å². The second-order valence-corrected chi connectivity index (χ2v) is 16.4. The van der Waals surface area contributed by atoms with Crippen LogP contribution in [0, 0.1) is 0 Å². The highest BCUT2D eigenvalue weighted by Gasteiger charge is 2.33. The van der Waals surface area contributed by atoms with Crippen LogP contribution in [0.5, 0.6) is 11.5 Å². The van der Waals surface area contributed by atoms with Crippen LogP contribution in [0.4, 0.5) is 41.6 Å². The van der Waals surface area contributed by atoms with Crippen molar-refractivity contribution in [2.45, 2.75) is 50.0 Å². The highest BCUT2D eigenvalue weighted by atomic mass is 32.2. The predicted octanol–water partition coefficient (Wildman–Crippen LogP) is 9.39. The molecule has 6 amide bonds. The molecule has 1 atom stereocenters. The standard InChI is InChI=1S/C44H36F6N4O8S2/c1-61-33-18-13-24(5-3-7-34-38(56)52-41(59)63-34)19-30(33)37(55)51-32-21-27(6-4-8-35-39(57)53-42(60)64-35)20-31(36(32)62-2)40(58)54(22-25-9-14-28(15-10-25)43(45,46)47)23-26-11-16-29(17-12-26)44(48,49)50/h4,6,8-21,34H,3,5,7,22-23H2,1-2H3,(H,51,55)(H,52,56,59)(H,53,57,60). The molecule has 334 valence electrons. The zero-order valence-electron chi connectivity index (χ0n) is 33.6. The van der Waals surface area contributed by atoms with Crippen LogP contribution in [-0.2, 0) is 41.5 Å². The van der Waals surface area contributed by atoms with Crippen LogP contribution in [0.3, 0.4) is 0 Å². The van der Waals surface area contributed by atoms with Gasteiger partial charge in [-0.05, 0) is 108 Å². The van der Waals surface area contributed by atoms with Crippen LogP contribution in [0.25, 0.3) is 6.08 Å². The van der Waals surface area contributed by atoms with E-state index in [1.165, 1.54) is 73.7 Å². The number of rotatable bonds is 15. The molecular formula is C44H36F6N4O8S2. The molecule has 4 aromatic carbocycles. The third-order valence-electron chi connectivity index (χ3n) is 9.78. The number of hydrogen-bond donors (Lipinski definition) is 3. The number of nitrogens with one attached hydrogen (secondary N) is 3. The normalized spacial score (nSPS) is 16.0. The number of hydrogen-bond acceptors (Lipinski definition) is 10. The van der Waals surface area contributed by atoms with Crippen molar-refractivity contribution in [2.24, 2.45) is 0 Å². The van der Waals surface area contributed by atoms with Crippen LogP contribution in [-0.4, -0.2) is 58.5 Å². The van der Waals surface area contributed by atoms with Gasteiger partial charge in [0.05, 0.1) is 52.3 Å². The van der Waals surface area contributed by atoms with Gasteiger partial charge in [-0.25, -0.2) is 0 Å². The summed E-state index contributed by atoms with van der Waals surface area (Å²) in [6.07, 6.45) is -3.75. The average molecular weight is 927 g/mol. The molecule has 0 saturated carbocycles. The number of aryl methyl sites for hydroxylation is 1. The summed E-state index contributed by atoms with van der Waals surface area (Å²) in [7, 11) is 2.58. The Morgan fingerprint density at radius 3 is 1.89 bits per heavy atom. The van der Waals surface area contributed by atoms with Crippen molar-refractivity contribution in [2.75, 3.05) is 19.5 Å². The summed E-state index contributed by atoms with van der Waals surface area (Å²) in [5.41, 5.74) is -0.588. The number of methoxy groups -OCH3 is 2. The topological polar surface area (TPSA) is 160 Å². The number of ether oxygens (including phenoxy) is 2. The number of carbonyl (C=O) groups excluding carboxylic acids is 6. The summed E-state index contributed by atoms with van der Waals surface area (Å²) >= 11 is 1.57. The Morgan fingerprint density at radius 1 is 0.766 bits per heavy atom. The van der Waals surface area contributed by atoms with Crippen molar-refractivity contribution in [3.8, 4) is 11.5 Å². The molecule has 0 spiro atoms. The summed E-state index contributed by atoms with van der Waals surface area (Å²) in [5.74, 6) is -2.49. The number of alkyl halides is 6. The molecule has 2 heterocycles. The highest BCUT2D eigenvalue weighted by molar-refractivity contribution is 8.18. The number of imide groups is 2. The van der Waals surface area contributed by atoms with Gasteiger partial charge in [-0.3, -0.25) is 39.4 Å². The molecule has 0 radical (unpaired) electrons. The maximum absolute atomic E-state index is 14.8. The molecule has 64 heavy (non-hydrogen) atoms. The second kappa shape index (κ2) is 19.9. The summed E-state index contributed by atoms with van der Waals surface area (Å²) in [6.45, 7) is -0.639. The molecule has 20 heteroatoms. The van der Waals surface area contributed by atoms with E-state index in [9.17, 15) is 55.1 Å². The second-order valence-electron chi connectivity index (χ2n) is 14.2. The van der Waals surface area contributed by atoms with Gasteiger partial charge in [-0.1, -0.05) is 54.2 Å². The number of amides is 6. The minimum Gasteiger partial charge on any atom is -0.496 e. The summed E-state index contributed by atoms with van der Waals surface area (Å²) in [4.78, 5) is 77.7. The fourth-order valence-corrected chi connectivity index (χ4v) is 8.17. The molecule has 0 aliphatic carbocycles. The summed E-state index contributed by atoms with van der Waals surface area (Å²) in [5, 5.41) is 5.61.